The second-order valence-corrected chi connectivity index (χ2v) is 5.98. The molecule has 0 bridgehead atoms. The van der Waals surface area contributed by atoms with E-state index in [0.29, 0.717) is 13.2 Å². The Kier molecular flexibility index (Phi) is 12.3. The molecule has 1 saturated heterocycles. The van der Waals surface area contributed by atoms with Gasteiger partial charge >= 0.3 is 0 Å². The third kappa shape index (κ3) is 7.47. The van der Waals surface area contributed by atoms with E-state index in [0.717, 1.165) is 32.1 Å². The fourth-order valence-electron chi connectivity index (χ4n) is 3.09. The van der Waals surface area contributed by atoms with Crippen LogP contribution in [0.4, 0.5) is 0 Å². The van der Waals surface area contributed by atoms with E-state index in [4.69, 9.17) is 4.74 Å². The molecule has 1 saturated carbocycles. The Morgan fingerprint density at radius 3 is 2.64 bits per heavy atom. The van der Waals surface area contributed by atoms with Crippen molar-refractivity contribution in [1.82, 2.24) is 15.5 Å². The number of carbonyl (C=O) groups excluding carboxylic acids is 1. The molecule has 2 rings (SSSR count). The van der Waals surface area contributed by atoms with E-state index in [1.807, 2.05) is 0 Å². The summed E-state index contributed by atoms with van der Waals surface area (Å²) >= 11 is 0. The third-order valence-electron chi connectivity index (χ3n) is 4.40. The van der Waals surface area contributed by atoms with Gasteiger partial charge in [0.05, 0.1) is 6.61 Å². The lowest BCUT2D eigenvalue weighted by Crippen LogP contribution is -2.48. The summed E-state index contributed by atoms with van der Waals surface area (Å²) in [5, 5.41) is 6.15. The zero-order valence-corrected chi connectivity index (χ0v) is 15.1. The highest BCUT2D eigenvalue weighted by atomic mass is 35.5. The van der Waals surface area contributed by atoms with E-state index in [9.17, 15) is 4.79 Å². The lowest BCUT2D eigenvalue weighted by Gasteiger charge is -2.31. The van der Waals surface area contributed by atoms with Crippen LogP contribution >= 0.6 is 24.8 Å². The van der Waals surface area contributed by atoms with Crippen LogP contribution in [-0.4, -0.2) is 62.8 Å². The van der Waals surface area contributed by atoms with Gasteiger partial charge in [-0.2, -0.15) is 0 Å². The number of hydrogen-bond acceptors (Lipinski definition) is 4. The predicted octanol–water partition coefficient (Wildman–Crippen LogP) is 1.59. The Balaban J connectivity index is 0.00000220. The number of morpholine rings is 1. The second kappa shape index (κ2) is 12.4. The molecule has 2 aliphatic rings. The molecule has 0 aromatic carbocycles. The molecule has 2 fully saturated rings. The molecule has 1 aliphatic heterocycles. The second-order valence-electron chi connectivity index (χ2n) is 5.98. The molecule has 1 aliphatic carbocycles. The molecule has 0 unspecified atom stereocenters. The smallest absolute Gasteiger partial charge is 0.250 e. The average Bonchev–Trinajstić information content (AvgIpc) is 2.53. The van der Waals surface area contributed by atoms with Crippen LogP contribution in [0.15, 0.2) is 0 Å². The van der Waals surface area contributed by atoms with Crippen LogP contribution in [0.3, 0.4) is 0 Å². The van der Waals surface area contributed by atoms with E-state index in [2.05, 4.69) is 22.6 Å². The fraction of sp³-hybridized carbons (Fsp3) is 0.933. The molecule has 0 radical (unpaired) electrons. The van der Waals surface area contributed by atoms with Crippen LogP contribution in [0.2, 0.25) is 0 Å². The van der Waals surface area contributed by atoms with Gasteiger partial charge in [0.25, 0.3) is 0 Å². The summed E-state index contributed by atoms with van der Waals surface area (Å²) < 4.78 is 5.43. The normalized spacial score (nSPS) is 22.5. The van der Waals surface area contributed by atoms with Crippen molar-refractivity contribution in [2.75, 3.05) is 39.8 Å². The summed E-state index contributed by atoms with van der Waals surface area (Å²) in [6, 6.07) is 0.755. The quantitative estimate of drug-likeness (QED) is 0.710. The highest BCUT2D eigenvalue weighted by molar-refractivity contribution is 5.85. The molecule has 22 heavy (non-hydrogen) atoms. The molecular formula is C15H31Cl2N3O2. The number of ether oxygens (including phenoxy) is 1. The number of nitrogens with zero attached hydrogens (tertiary/aromatic N) is 1. The number of hydrogen-bond donors (Lipinski definition) is 2. The average molecular weight is 356 g/mol. The summed E-state index contributed by atoms with van der Waals surface area (Å²) in [5.41, 5.74) is 0. The molecule has 2 N–H and O–H groups in total. The maximum atomic E-state index is 11.9. The molecule has 132 valence electrons. The Morgan fingerprint density at radius 1 is 1.27 bits per heavy atom. The molecule has 5 nitrogen and oxygen atoms in total. The van der Waals surface area contributed by atoms with Gasteiger partial charge in [-0.05, 0) is 32.9 Å². The molecule has 0 aromatic rings. The van der Waals surface area contributed by atoms with Crippen molar-refractivity contribution in [2.24, 2.45) is 0 Å². The Hall–Kier alpha value is -0.0700. The van der Waals surface area contributed by atoms with Gasteiger partial charge in [0.1, 0.15) is 6.10 Å². The van der Waals surface area contributed by atoms with Gasteiger partial charge < -0.3 is 20.3 Å². The minimum absolute atomic E-state index is 0. The first-order chi connectivity index (χ1) is 9.77. The maximum Gasteiger partial charge on any atom is 0.250 e. The summed E-state index contributed by atoms with van der Waals surface area (Å²) in [7, 11) is 2.21. The summed E-state index contributed by atoms with van der Waals surface area (Å²) in [5.74, 6) is 0.0255. The number of carbonyl (C=O) groups is 1. The van der Waals surface area contributed by atoms with Crippen molar-refractivity contribution in [3.05, 3.63) is 0 Å². The first-order valence-corrected chi connectivity index (χ1v) is 8.07. The Bertz CT molecular complexity index is 297. The van der Waals surface area contributed by atoms with E-state index in [1.165, 1.54) is 32.1 Å². The first-order valence-electron chi connectivity index (χ1n) is 8.07. The lowest BCUT2D eigenvalue weighted by atomic mass is 9.94. The van der Waals surface area contributed by atoms with Gasteiger partial charge in [0, 0.05) is 25.7 Å². The SMILES string of the molecule is CN(CCCNC(=O)[C@H]1CNCCO1)C1CCCCC1.Cl.Cl. The van der Waals surface area contributed by atoms with E-state index < -0.39 is 0 Å². The first kappa shape index (κ1) is 21.9. The Labute approximate surface area is 146 Å². The van der Waals surface area contributed by atoms with Crippen molar-refractivity contribution in [2.45, 2.75) is 50.7 Å². The van der Waals surface area contributed by atoms with E-state index in [1.54, 1.807) is 0 Å². The number of halogens is 2. The Morgan fingerprint density at radius 2 is 2.00 bits per heavy atom. The van der Waals surface area contributed by atoms with E-state index >= 15 is 0 Å². The third-order valence-corrected chi connectivity index (χ3v) is 4.40. The van der Waals surface area contributed by atoms with Crippen molar-refractivity contribution in [3.63, 3.8) is 0 Å². The molecule has 1 atom stereocenters. The molecule has 0 spiro atoms. The zero-order chi connectivity index (χ0) is 14.2. The number of rotatable bonds is 6. The van der Waals surface area contributed by atoms with Crippen LogP contribution in [-0.2, 0) is 9.53 Å². The summed E-state index contributed by atoms with van der Waals surface area (Å²) in [6.07, 6.45) is 7.53. The number of nitrogens with one attached hydrogen (secondary N) is 2. The van der Waals surface area contributed by atoms with Crippen LogP contribution in [0, 0.1) is 0 Å². The van der Waals surface area contributed by atoms with Crippen molar-refractivity contribution >= 4 is 30.7 Å². The zero-order valence-electron chi connectivity index (χ0n) is 13.5. The summed E-state index contributed by atoms with van der Waals surface area (Å²) in [6.45, 7) is 3.91. The van der Waals surface area contributed by atoms with Crippen molar-refractivity contribution in [3.8, 4) is 0 Å². The molecule has 1 amide bonds. The van der Waals surface area contributed by atoms with Gasteiger partial charge in [-0.25, -0.2) is 0 Å². The van der Waals surface area contributed by atoms with Crippen molar-refractivity contribution < 1.29 is 9.53 Å². The lowest BCUT2D eigenvalue weighted by molar-refractivity contribution is -0.134. The predicted molar refractivity (Wildman–Crippen MR) is 94.2 cm³/mol. The van der Waals surface area contributed by atoms with E-state index in [-0.39, 0.29) is 36.8 Å². The molecular weight excluding hydrogens is 325 g/mol. The van der Waals surface area contributed by atoms with Gasteiger partial charge in [-0.1, -0.05) is 19.3 Å². The van der Waals surface area contributed by atoms with Crippen LogP contribution in [0.25, 0.3) is 0 Å². The van der Waals surface area contributed by atoms with Gasteiger partial charge in [0.15, 0.2) is 0 Å². The molecule has 7 heteroatoms. The highest BCUT2D eigenvalue weighted by Gasteiger charge is 2.21. The van der Waals surface area contributed by atoms with Crippen LogP contribution in [0.5, 0.6) is 0 Å². The maximum absolute atomic E-state index is 11.9. The van der Waals surface area contributed by atoms with Gasteiger partial charge in [-0.15, -0.1) is 24.8 Å². The molecule has 0 aromatic heterocycles. The highest BCUT2D eigenvalue weighted by Crippen LogP contribution is 2.21. The van der Waals surface area contributed by atoms with Crippen LogP contribution in [0.1, 0.15) is 38.5 Å². The van der Waals surface area contributed by atoms with Crippen molar-refractivity contribution in [1.29, 1.82) is 0 Å². The number of amides is 1. The standard InChI is InChI=1S/C15H29N3O2.2ClH/c1-18(13-6-3-2-4-7-13)10-5-8-17-15(19)14-12-16-9-11-20-14;;/h13-14,16H,2-12H2,1H3,(H,17,19);2*1H/t14-;;/m1../s1. The monoisotopic (exact) mass is 355 g/mol. The van der Waals surface area contributed by atoms with Gasteiger partial charge in [0.2, 0.25) is 5.91 Å². The minimum atomic E-state index is -0.306. The fourth-order valence-corrected chi connectivity index (χ4v) is 3.09. The van der Waals surface area contributed by atoms with Gasteiger partial charge in [-0.3, -0.25) is 4.79 Å². The molecule has 1 heterocycles. The largest absolute Gasteiger partial charge is 0.366 e. The summed E-state index contributed by atoms with van der Waals surface area (Å²) in [4.78, 5) is 14.3. The minimum Gasteiger partial charge on any atom is -0.366 e. The van der Waals surface area contributed by atoms with Crippen LogP contribution < -0.4 is 10.6 Å². The topological polar surface area (TPSA) is 53.6 Å².